The number of benzene rings is 2. The van der Waals surface area contributed by atoms with Crippen molar-refractivity contribution in [1.29, 1.82) is 0 Å². The first-order valence-corrected chi connectivity index (χ1v) is 8.82. The molecule has 0 aliphatic carbocycles. The predicted octanol–water partition coefficient (Wildman–Crippen LogP) is 4.48. The van der Waals surface area contributed by atoms with Crippen molar-refractivity contribution in [2.75, 3.05) is 5.32 Å². The maximum atomic E-state index is 12.8. The smallest absolute Gasteiger partial charge is 0.251 e. The van der Waals surface area contributed by atoms with Gasteiger partial charge in [-0.15, -0.1) is 10.2 Å². The van der Waals surface area contributed by atoms with Crippen molar-refractivity contribution < 1.29 is 4.79 Å². The summed E-state index contributed by atoms with van der Waals surface area (Å²) in [5.41, 5.74) is 1.32. The van der Waals surface area contributed by atoms with E-state index in [1.165, 1.54) is 4.80 Å². The normalized spacial score (nSPS) is 12.2. The quantitative estimate of drug-likeness (QED) is 0.697. The Morgan fingerprint density at radius 3 is 2.50 bits per heavy atom. The van der Waals surface area contributed by atoms with E-state index < -0.39 is 6.04 Å². The van der Waals surface area contributed by atoms with E-state index in [4.69, 9.17) is 23.2 Å². The van der Waals surface area contributed by atoms with Gasteiger partial charge in [0.1, 0.15) is 0 Å². The Balaban J connectivity index is 1.85. The minimum atomic E-state index is -0.633. The van der Waals surface area contributed by atoms with Crippen molar-refractivity contribution in [3.05, 3.63) is 58.6 Å². The zero-order chi connectivity index (χ0) is 18.7. The molecule has 134 valence electrons. The van der Waals surface area contributed by atoms with Crippen molar-refractivity contribution in [3.63, 3.8) is 0 Å². The number of rotatable bonds is 5. The molecule has 0 bridgehead atoms. The standard InChI is InChI=1S/C18H17Cl2N5O/c1-11(2)16(18(26)21-15-9-8-13(19)10-14(15)20)25-23-17(22-24-25)12-6-4-3-5-7-12/h3-11,16H,1-2H3,(H,21,26). The third kappa shape index (κ3) is 4.03. The SMILES string of the molecule is CC(C)C(C(=O)Nc1ccc(Cl)cc1Cl)n1nnc(-c2ccccc2)n1. The average molecular weight is 390 g/mol. The molecule has 1 aromatic heterocycles. The number of carbonyl (C=O) groups excluding carboxylic acids is 1. The summed E-state index contributed by atoms with van der Waals surface area (Å²) in [5.74, 6) is 0.133. The number of amides is 1. The molecule has 1 amide bonds. The van der Waals surface area contributed by atoms with Crippen molar-refractivity contribution in [1.82, 2.24) is 20.2 Å². The Kier molecular flexibility index (Phi) is 5.54. The summed E-state index contributed by atoms with van der Waals surface area (Å²) in [5, 5.41) is 16.2. The molecule has 0 aliphatic heterocycles. The second-order valence-electron chi connectivity index (χ2n) is 6.10. The van der Waals surface area contributed by atoms with E-state index in [0.29, 0.717) is 21.6 Å². The van der Waals surface area contributed by atoms with Crippen LogP contribution in [0.1, 0.15) is 19.9 Å². The van der Waals surface area contributed by atoms with E-state index in [9.17, 15) is 4.79 Å². The molecule has 2 aromatic carbocycles. The van der Waals surface area contributed by atoms with Gasteiger partial charge in [-0.05, 0) is 29.3 Å². The first kappa shape index (κ1) is 18.4. The van der Waals surface area contributed by atoms with Crippen LogP contribution in [0.5, 0.6) is 0 Å². The van der Waals surface area contributed by atoms with E-state index >= 15 is 0 Å². The first-order valence-electron chi connectivity index (χ1n) is 8.06. The largest absolute Gasteiger partial charge is 0.323 e. The number of nitrogens with zero attached hydrogens (tertiary/aromatic N) is 4. The van der Waals surface area contributed by atoms with Gasteiger partial charge in [0, 0.05) is 10.6 Å². The Labute approximate surface area is 161 Å². The summed E-state index contributed by atoms with van der Waals surface area (Å²) >= 11 is 12.0. The molecule has 0 fully saturated rings. The third-order valence-corrected chi connectivity index (χ3v) is 4.35. The van der Waals surface area contributed by atoms with Gasteiger partial charge < -0.3 is 5.32 Å². The number of halogens is 2. The molecule has 8 heteroatoms. The highest BCUT2D eigenvalue weighted by Crippen LogP contribution is 2.27. The van der Waals surface area contributed by atoms with Crippen LogP contribution in [-0.4, -0.2) is 26.1 Å². The fourth-order valence-electron chi connectivity index (χ4n) is 2.52. The molecule has 1 heterocycles. The summed E-state index contributed by atoms with van der Waals surface area (Å²) in [6, 6.07) is 13.7. The molecule has 1 unspecified atom stereocenters. The van der Waals surface area contributed by atoms with Crippen LogP contribution >= 0.6 is 23.2 Å². The molecule has 0 radical (unpaired) electrons. The Morgan fingerprint density at radius 1 is 1.12 bits per heavy atom. The van der Waals surface area contributed by atoms with Crippen molar-refractivity contribution >= 4 is 34.8 Å². The molecule has 0 saturated carbocycles. The lowest BCUT2D eigenvalue weighted by Gasteiger charge is -2.19. The fourth-order valence-corrected chi connectivity index (χ4v) is 2.97. The number of tetrazole rings is 1. The molecular weight excluding hydrogens is 373 g/mol. The molecule has 1 atom stereocenters. The maximum absolute atomic E-state index is 12.8. The minimum Gasteiger partial charge on any atom is -0.323 e. The first-order chi connectivity index (χ1) is 12.5. The molecule has 0 spiro atoms. The fraction of sp³-hybridized carbons (Fsp3) is 0.222. The molecule has 3 rings (SSSR count). The zero-order valence-corrected chi connectivity index (χ0v) is 15.7. The highest BCUT2D eigenvalue weighted by molar-refractivity contribution is 6.36. The number of hydrogen-bond acceptors (Lipinski definition) is 4. The minimum absolute atomic E-state index is 0.0566. The number of carbonyl (C=O) groups is 1. The van der Waals surface area contributed by atoms with Gasteiger partial charge in [-0.3, -0.25) is 4.79 Å². The summed E-state index contributed by atoms with van der Waals surface area (Å²) in [4.78, 5) is 14.1. The Bertz CT molecular complexity index is 911. The zero-order valence-electron chi connectivity index (χ0n) is 14.2. The summed E-state index contributed by atoms with van der Waals surface area (Å²) < 4.78 is 0. The van der Waals surface area contributed by atoms with Gasteiger partial charge in [-0.1, -0.05) is 67.4 Å². The summed E-state index contributed by atoms with van der Waals surface area (Å²) in [6.07, 6.45) is 0. The number of anilines is 1. The van der Waals surface area contributed by atoms with Crippen molar-refractivity contribution in [2.45, 2.75) is 19.9 Å². The lowest BCUT2D eigenvalue weighted by Crippen LogP contribution is -2.31. The van der Waals surface area contributed by atoms with E-state index in [1.54, 1.807) is 18.2 Å². The maximum Gasteiger partial charge on any atom is 0.251 e. The third-order valence-electron chi connectivity index (χ3n) is 3.80. The van der Waals surface area contributed by atoms with Gasteiger partial charge >= 0.3 is 0 Å². The molecule has 6 nitrogen and oxygen atoms in total. The van der Waals surface area contributed by atoms with Crippen LogP contribution in [0.3, 0.4) is 0 Å². The molecule has 0 aliphatic rings. The van der Waals surface area contributed by atoms with E-state index in [0.717, 1.165) is 5.56 Å². The van der Waals surface area contributed by atoms with Crippen molar-refractivity contribution in [3.8, 4) is 11.4 Å². The topological polar surface area (TPSA) is 72.7 Å². The van der Waals surface area contributed by atoms with E-state index in [1.807, 2.05) is 44.2 Å². The van der Waals surface area contributed by atoms with Crippen LogP contribution in [0.2, 0.25) is 10.0 Å². The Morgan fingerprint density at radius 2 is 1.85 bits per heavy atom. The monoisotopic (exact) mass is 389 g/mol. The molecule has 26 heavy (non-hydrogen) atoms. The van der Waals surface area contributed by atoms with Crippen LogP contribution < -0.4 is 5.32 Å². The number of nitrogens with one attached hydrogen (secondary N) is 1. The summed E-state index contributed by atoms with van der Waals surface area (Å²) in [7, 11) is 0. The lowest BCUT2D eigenvalue weighted by atomic mass is 10.0. The van der Waals surface area contributed by atoms with Crippen LogP contribution in [-0.2, 0) is 4.79 Å². The van der Waals surface area contributed by atoms with E-state index in [2.05, 4.69) is 20.7 Å². The second-order valence-corrected chi connectivity index (χ2v) is 6.95. The molecule has 1 N–H and O–H groups in total. The highest BCUT2D eigenvalue weighted by atomic mass is 35.5. The molecule has 0 saturated heterocycles. The van der Waals surface area contributed by atoms with Crippen molar-refractivity contribution in [2.24, 2.45) is 5.92 Å². The second kappa shape index (κ2) is 7.85. The predicted molar refractivity (Wildman–Crippen MR) is 102 cm³/mol. The lowest BCUT2D eigenvalue weighted by molar-refractivity contribution is -0.121. The average Bonchev–Trinajstić information content (AvgIpc) is 3.07. The van der Waals surface area contributed by atoms with Crippen LogP contribution in [0.25, 0.3) is 11.4 Å². The van der Waals surface area contributed by atoms with Crippen LogP contribution in [0.4, 0.5) is 5.69 Å². The van der Waals surface area contributed by atoms with Gasteiger partial charge in [0.15, 0.2) is 6.04 Å². The van der Waals surface area contributed by atoms with Crippen LogP contribution in [0, 0.1) is 5.92 Å². The number of hydrogen-bond donors (Lipinski definition) is 1. The van der Waals surface area contributed by atoms with Gasteiger partial charge in [-0.25, -0.2) is 0 Å². The highest BCUT2D eigenvalue weighted by Gasteiger charge is 2.27. The van der Waals surface area contributed by atoms with Gasteiger partial charge in [-0.2, -0.15) is 4.80 Å². The summed E-state index contributed by atoms with van der Waals surface area (Å²) in [6.45, 7) is 3.83. The molecular formula is C18H17Cl2N5O. The van der Waals surface area contributed by atoms with Gasteiger partial charge in [0.05, 0.1) is 10.7 Å². The van der Waals surface area contributed by atoms with Gasteiger partial charge in [0.2, 0.25) is 5.82 Å². The number of aromatic nitrogens is 4. The molecule has 3 aromatic rings. The van der Waals surface area contributed by atoms with Crippen LogP contribution in [0.15, 0.2) is 48.5 Å². The Hall–Kier alpha value is -2.44. The van der Waals surface area contributed by atoms with E-state index in [-0.39, 0.29) is 11.8 Å². The van der Waals surface area contributed by atoms with Gasteiger partial charge in [0.25, 0.3) is 5.91 Å².